The van der Waals surface area contributed by atoms with Crippen molar-refractivity contribution in [1.29, 1.82) is 0 Å². The maximum atomic E-state index is 13.0. The molecule has 0 aliphatic heterocycles. The predicted molar refractivity (Wildman–Crippen MR) is 106 cm³/mol. The Bertz CT molecular complexity index is 915. The Morgan fingerprint density at radius 1 is 1.07 bits per heavy atom. The minimum Gasteiger partial charge on any atom is -0.351 e. The molecule has 5 rings (SSSR count). The predicted octanol–water partition coefficient (Wildman–Crippen LogP) is 2.59. The molecular formula is C20H27N3O5S. The van der Waals surface area contributed by atoms with Crippen LogP contribution in [0.1, 0.15) is 46.0 Å². The third-order valence-electron chi connectivity index (χ3n) is 6.83. The number of carbonyl (C=O) groups is 1. The fourth-order valence-corrected chi connectivity index (χ4v) is 7.32. The zero-order valence-electron chi connectivity index (χ0n) is 16.6. The molecule has 8 nitrogen and oxygen atoms in total. The third kappa shape index (κ3) is 3.77. The first-order valence-corrected chi connectivity index (χ1v) is 11.6. The molecule has 0 atom stereocenters. The number of carbonyl (C=O) groups excluding carboxylic acids is 1. The van der Waals surface area contributed by atoms with E-state index in [1.807, 2.05) is 0 Å². The number of nitro groups is 1. The van der Waals surface area contributed by atoms with Gasteiger partial charge in [-0.1, -0.05) is 12.1 Å². The molecule has 158 valence electrons. The molecule has 0 heterocycles. The first kappa shape index (κ1) is 20.3. The van der Waals surface area contributed by atoms with Crippen LogP contribution in [0.25, 0.3) is 0 Å². The van der Waals surface area contributed by atoms with E-state index < -0.39 is 37.0 Å². The number of nitrogens with one attached hydrogen (secondary N) is 2. The van der Waals surface area contributed by atoms with Crippen molar-refractivity contribution in [2.75, 3.05) is 0 Å². The highest BCUT2D eigenvalue weighted by Gasteiger charge is 2.49. The maximum absolute atomic E-state index is 13.0. The summed E-state index contributed by atoms with van der Waals surface area (Å²) in [6.07, 6.45) is 5.87. The fourth-order valence-electron chi connectivity index (χ4n) is 5.77. The molecule has 1 amide bonds. The summed E-state index contributed by atoms with van der Waals surface area (Å²) in [6.45, 7) is 2.98. The molecule has 4 bridgehead atoms. The van der Waals surface area contributed by atoms with E-state index in [-0.39, 0.29) is 6.04 Å². The summed E-state index contributed by atoms with van der Waals surface area (Å²) in [4.78, 5) is 23.0. The Labute approximate surface area is 170 Å². The number of nitro benzene ring substituents is 1. The average molecular weight is 422 g/mol. The molecule has 0 aromatic heterocycles. The molecule has 1 aromatic rings. The molecule has 29 heavy (non-hydrogen) atoms. The topological polar surface area (TPSA) is 118 Å². The zero-order chi connectivity index (χ0) is 21.0. The fraction of sp³-hybridized carbons (Fsp3) is 0.650. The number of amides is 1. The van der Waals surface area contributed by atoms with Gasteiger partial charge < -0.3 is 5.32 Å². The number of benzene rings is 1. The van der Waals surface area contributed by atoms with Crippen molar-refractivity contribution in [2.24, 2.45) is 23.7 Å². The number of rotatable bonds is 6. The van der Waals surface area contributed by atoms with Crippen molar-refractivity contribution >= 4 is 21.6 Å². The van der Waals surface area contributed by atoms with Crippen LogP contribution in [-0.4, -0.2) is 30.8 Å². The van der Waals surface area contributed by atoms with E-state index >= 15 is 0 Å². The molecule has 4 fully saturated rings. The number of para-hydroxylation sites is 1. The minimum atomic E-state index is -4.25. The lowest BCUT2D eigenvalue weighted by atomic mass is 9.54. The number of hydrogen-bond donors (Lipinski definition) is 2. The average Bonchev–Trinajstić information content (AvgIpc) is 2.63. The first-order chi connectivity index (χ1) is 13.6. The lowest BCUT2D eigenvalue weighted by Crippen LogP contribution is -2.62. The van der Waals surface area contributed by atoms with E-state index in [1.54, 1.807) is 0 Å². The Morgan fingerprint density at radius 2 is 1.62 bits per heavy atom. The first-order valence-electron chi connectivity index (χ1n) is 10.1. The molecule has 4 aliphatic carbocycles. The molecular weight excluding hydrogens is 394 g/mol. The van der Waals surface area contributed by atoms with Gasteiger partial charge in [0.15, 0.2) is 4.90 Å². The number of sulfonamides is 1. The zero-order valence-corrected chi connectivity index (χ0v) is 17.4. The van der Waals surface area contributed by atoms with Crippen LogP contribution in [-0.2, 0) is 14.8 Å². The van der Waals surface area contributed by atoms with Crippen LogP contribution in [0.2, 0.25) is 0 Å². The molecule has 1 aromatic carbocycles. The molecule has 4 saturated carbocycles. The second-order valence-electron chi connectivity index (χ2n) is 9.39. The molecule has 9 heteroatoms. The smallest absolute Gasteiger partial charge is 0.289 e. The lowest BCUT2D eigenvalue weighted by Gasteiger charge is -2.54. The van der Waals surface area contributed by atoms with Crippen molar-refractivity contribution in [3.8, 4) is 0 Å². The van der Waals surface area contributed by atoms with Crippen molar-refractivity contribution < 1.29 is 18.1 Å². The second kappa shape index (κ2) is 7.05. The largest absolute Gasteiger partial charge is 0.351 e. The van der Waals surface area contributed by atoms with Gasteiger partial charge in [0.1, 0.15) is 5.54 Å². The molecule has 0 unspecified atom stereocenters. The molecule has 0 spiro atoms. The van der Waals surface area contributed by atoms with Gasteiger partial charge in [-0.3, -0.25) is 14.9 Å². The third-order valence-corrected chi connectivity index (χ3v) is 8.54. The van der Waals surface area contributed by atoms with E-state index in [0.29, 0.717) is 11.8 Å². The van der Waals surface area contributed by atoms with Crippen LogP contribution < -0.4 is 10.0 Å². The van der Waals surface area contributed by atoms with Gasteiger partial charge in [-0.15, -0.1) is 0 Å². The number of nitrogens with zero attached hydrogens (tertiary/aromatic N) is 1. The maximum Gasteiger partial charge on any atom is 0.289 e. The highest BCUT2D eigenvalue weighted by Crippen LogP contribution is 2.53. The van der Waals surface area contributed by atoms with E-state index in [0.717, 1.165) is 43.6 Å². The quantitative estimate of drug-likeness (QED) is 0.541. The summed E-state index contributed by atoms with van der Waals surface area (Å²) in [6, 6.07) is 5.22. The molecule has 4 aliphatic rings. The van der Waals surface area contributed by atoms with E-state index in [9.17, 15) is 23.3 Å². The summed E-state index contributed by atoms with van der Waals surface area (Å²) in [5.41, 5.74) is -1.95. The van der Waals surface area contributed by atoms with E-state index in [2.05, 4.69) is 10.0 Å². The summed E-state index contributed by atoms with van der Waals surface area (Å²) >= 11 is 0. The van der Waals surface area contributed by atoms with Crippen molar-refractivity contribution in [3.05, 3.63) is 34.4 Å². The van der Waals surface area contributed by atoms with Crippen molar-refractivity contribution in [2.45, 2.75) is 62.4 Å². The molecule has 0 saturated heterocycles. The lowest BCUT2D eigenvalue weighted by molar-refractivity contribution is -0.387. The normalized spacial score (nSPS) is 30.9. The summed E-state index contributed by atoms with van der Waals surface area (Å²) < 4.78 is 28.0. The molecule has 0 radical (unpaired) electrons. The Hall–Kier alpha value is -2.00. The Morgan fingerprint density at radius 3 is 2.17 bits per heavy atom. The summed E-state index contributed by atoms with van der Waals surface area (Å²) in [7, 11) is -4.25. The van der Waals surface area contributed by atoms with Crippen LogP contribution in [0, 0.1) is 33.8 Å². The van der Waals surface area contributed by atoms with Crippen LogP contribution >= 0.6 is 0 Å². The van der Waals surface area contributed by atoms with Gasteiger partial charge in [0.2, 0.25) is 15.9 Å². The summed E-state index contributed by atoms with van der Waals surface area (Å²) in [5, 5.41) is 14.3. The van der Waals surface area contributed by atoms with Gasteiger partial charge in [-0.25, -0.2) is 8.42 Å². The van der Waals surface area contributed by atoms with Gasteiger partial charge >= 0.3 is 0 Å². The van der Waals surface area contributed by atoms with Crippen molar-refractivity contribution in [1.82, 2.24) is 10.0 Å². The minimum absolute atomic E-state index is 0.0881. The molecule has 2 N–H and O–H groups in total. The van der Waals surface area contributed by atoms with Crippen LogP contribution in [0.15, 0.2) is 29.2 Å². The van der Waals surface area contributed by atoms with Gasteiger partial charge in [0, 0.05) is 12.1 Å². The van der Waals surface area contributed by atoms with Crippen LogP contribution in [0.5, 0.6) is 0 Å². The van der Waals surface area contributed by atoms with Crippen LogP contribution in [0.3, 0.4) is 0 Å². The van der Waals surface area contributed by atoms with Gasteiger partial charge in [-0.05, 0) is 75.7 Å². The van der Waals surface area contributed by atoms with Gasteiger partial charge in [0.05, 0.1) is 4.92 Å². The van der Waals surface area contributed by atoms with E-state index in [4.69, 9.17) is 0 Å². The van der Waals surface area contributed by atoms with Crippen molar-refractivity contribution in [3.63, 3.8) is 0 Å². The van der Waals surface area contributed by atoms with Gasteiger partial charge in [-0.2, -0.15) is 4.72 Å². The Balaban J connectivity index is 1.50. The van der Waals surface area contributed by atoms with E-state index in [1.165, 1.54) is 38.5 Å². The standard InChI is InChI=1S/C20H27N3O5S/c1-20(2,22-29(27,28)17-6-4-3-5-16(17)23(25)26)19(24)21-18-14-8-12-7-13(10-14)11-15(18)9-12/h3-6,12-15,18,22H,7-11H2,1-2H3,(H,21,24). The second-order valence-corrected chi connectivity index (χ2v) is 11.0. The SMILES string of the molecule is CC(C)(NS(=O)(=O)c1ccccc1[N+](=O)[O-])C(=O)NC1C2CC3CC(C2)CC1C3. The number of hydrogen-bond acceptors (Lipinski definition) is 5. The van der Waals surface area contributed by atoms with Gasteiger partial charge in [0.25, 0.3) is 5.69 Å². The summed E-state index contributed by atoms with van der Waals surface area (Å²) in [5.74, 6) is 2.10. The Kier molecular flexibility index (Phi) is 4.93. The highest BCUT2D eigenvalue weighted by atomic mass is 32.2. The van der Waals surface area contributed by atoms with Crippen LogP contribution in [0.4, 0.5) is 5.69 Å². The monoisotopic (exact) mass is 421 g/mol. The highest BCUT2D eigenvalue weighted by molar-refractivity contribution is 7.89.